The fraction of sp³-hybridized carbons (Fsp3) is 0.682. The number of aromatic hydroxyl groups is 1. The lowest BCUT2D eigenvalue weighted by Gasteiger charge is -2.58. The van der Waals surface area contributed by atoms with Crippen LogP contribution < -0.4 is 4.74 Å². The van der Waals surface area contributed by atoms with E-state index in [0.29, 0.717) is 37.4 Å². The molecule has 3 unspecified atom stereocenters. The molecule has 5 nitrogen and oxygen atoms in total. The number of aliphatic hydroxyl groups is 1. The first kappa shape index (κ1) is 17.5. The SMILES string of the molecule is CCC[C@@]12c3c4ccc(O)c3CC(N(C)CC3CC3)C1(O)CCC(=O)C2O4. The summed E-state index contributed by atoms with van der Waals surface area (Å²) in [6, 6.07) is 3.33. The number of phenols is 1. The van der Waals surface area contributed by atoms with Crippen molar-refractivity contribution in [3.8, 4) is 11.5 Å². The number of phenolic OH excluding ortho intramolecular Hbond substituents is 1. The van der Waals surface area contributed by atoms with Crippen molar-refractivity contribution in [3.05, 3.63) is 23.3 Å². The second-order valence-corrected chi connectivity index (χ2v) is 9.15. The van der Waals surface area contributed by atoms with Crippen molar-refractivity contribution < 1.29 is 19.7 Å². The highest BCUT2D eigenvalue weighted by molar-refractivity contribution is 5.89. The quantitative estimate of drug-likeness (QED) is 0.832. The Labute approximate surface area is 160 Å². The number of Topliss-reactive ketones (excluding diaryl/α,β-unsaturated/α-hetero) is 1. The molecule has 4 aliphatic rings. The largest absolute Gasteiger partial charge is 0.508 e. The van der Waals surface area contributed by atoms with E-state index in [4.69, 9.17) is 4.74 Å². The first-order valence-electron chi connectivity index (χ1n) is 10.4. The maximum atomic E-state index is 12.9. The van der Waals surface area contributed by atoms with E-state index in [1.165, 1.54) is 12.8 Å². The average Bonchev–Trinajstić information content (AvgIpc) is 3.38. The van der Waals surface area contributed by atoms with Gasteiger partial charge < -0.3 is 14.9 Å². The smallest absolute Gasteiger partial charge is 0.174 e. The number of rotatable bonds is 5. The predicted molar refractivity (Wildman–Crippen MR) is 101 cm³/mol. The van der Waals surface area contributed by atoms with Gasteiger partial charge in [0.1, 0.15) is 11.5 Å². The molecule has 0 saturated heterocycles. The molecule has 27 heavy (non-hydrogen) atoms. The van der Waals surface area contributed by atoms with E-state index in [1.54, 1.807) is 12.1 Å². The number of carbonyl (C=O) groups excluding carboxylic acids is 1. The van der Waals surface area contributed by atoms with E-state index in [-0.39, 0.29) is 17.6 Å². The number of ketones is 1. The van der Waals surface area contributed by atoms with Crippen LogP contribution in [-0.2, 0) is 16.6 Å². The zero-order valence-corrected chi connectivity index (χ0v) is 16.2. The zero-order valence-electron chi connectivity index (χ0n) is 16.2. The molecule has 2 fully saturated rings. The molecule has 146 valence electrons. The molecule has 4 atom stereocenters. The summed E-state index contributed by atoms with van der Waals surface area (Å²) in [5.74, 6) is 1.74. The van der Waals surface area contributed by atoms with Crippen molar-refractivity contribution in [2.45, 2.75) is 75.0 Å². The highest BCUT2D eigenvalue weighted by Crippen LogP contribution is 2.63. The van der Waals surface area contributed by atoms with Crippen LogP contribution >= 0.6 is 0 Å². The van der Waals surface area contributed by atoms with E-state index in [2.05, 4.69) is 18.9 Å². The zero-order chi connectivity index (χ0) is 19.0. The number of carbonyl (C=O) groups is 1. The Hall–Kier alpha value is -1.59. The Morgan fingerprint density at radius 2 is 2.11 bits per heavy atom. The van der Waals surface area contributed by atoms with Crippen molar-refractivity contribution in [1.29, 1.82) is 0 Å². The monoisotopic (exact) mass is 371 g/mol. The van der Waals surface area contributed by atoms with Gasteiger partial charge in [-0.05, 0) is 57.2 Å². The van der Waals surface area contributed by atoms with Gasteiger partial charge in [0.2, 0.25) is 0 Å². The van der Waals surface area contributed by atoms with Crippen LogP contribution in [0, 0.1) is 5.92 Å². The standard InChI is InChI=1S/C22H29NO4/c1-3-9-21-19-14-11-18(23(2)12-13-4-5-13)22(21,26)10-8-16(25)20(21)27-17(19)7-6-15(14)24/h6-7,13,18,20,24,26H,3-5,8-12H2,1-2H3/t18?,20?,21-,22?/m0/s1. The van der Waals surface area contributed by atoms with Gasteiger partial charge in [0, 0.05) is 30.1 Å². The number of hydrogen-bond donors (Lipinski definition) is 2. The Morgan fingerprint density at radius 3 is 2.81 bits per heavy atom. The molecule has 0 radical (unpaired) electrons. The van der Waals surface area contributed by atoms with Crippen LogP contribution in [0.5, 0.6) is 11.5 Å². The maximum Gasteiger partial charge on any atom is 0.174 e. The fourth-order valence-electron chi connectivity index (χ4n) is 6.27. The Morgan fingerprint density at radius 1 is 1.33 bits per heavy atom. The van der Waals surface area contributed by atoms with E-state index in [1.807, 2.05) is 0 Å². The molecule has 0 spiro atoms. The molecule has 3 aliphatic carbocycles. The van der Waals surface area contributed by atoms with Crippen LogP contribution in [0.25, 0.3) is 0 Å². The van der Waals surface area contributed by atoms with Crippen molar-refractivity contribution in [3.63, 3.8) is 0 Å². The van der Waals surface area contributed by atoms with E-state index in [9.17, 15) is 15.0 Å². The van der Waals surface area contributed by atoms with Crippen LogP contribution in [0.4, 0.5) is 0 Å². The van der Waals surface area contributed by atoms with Crippen LogP contribution in [0.1, 0.15) is 56.6 Å². The molecule has 0 amide bonds. The molecule has 1 aliphatic heterocycles. The topological polar surface area (TPSA) is 70.0 Å². The maximum absolute atomic E-state index is 12.9. The molecule has 1 aromatic rings. The minimum atomic E-state index is -1.02. The van der Waals surface area contributed by atoms with Crippen LogP contribution in [0.15, 0.2) is 12.1 Å². The minimum absolute atomic E-state index is 0.0836. The molecule has 2 saturated carbocycles. The Kier molecular flexibility index (Phi) is 3.70. The van der Waals surface area contributed by atoms with Gasteiger partial charge in [-0.2, -0.15) is 0 Å². The highest BCUT2D eigenvalue weighted by Gasteiger charge is 2.70. The number of hydrogen-bond acceptors (Lipinski definition) is 5. The van der Waals surface area contributed by atoms with Crippen molar-refractivity contribution in [2.24, 2.45) is 5.92 Å². The first-order chi connectivity index (χ1) is 12.9. The minimum Gasteiger partial charge on any atom is -0.508 e. The van der Waals surface area contributed by atoms with Crippen LogP contribution in [0.2, 0.25) is 0 Å². The first-order valence-corrected chi connectivity index (χ1v) is 10.4. The van der Waals surface area contributed by atoms with Gasteiger partial charge >= 0.3 is 0 Å². The second-order valence-electron chi connectivity index (χ2n) is 9.15. The summed E-state index contributed by atoms with van der Waals surface area (Å²) in [5.41, 5.74) is 0.00910. The van der Waals surface area contributed by atoms with Crippen molar-refractivity contribution in [2.75, 3.05) is 13.6 Å². The van der Waals surface area contributed by atoms with Gasteiger partial charge in [-0.25, -0.2) is 0 Å². The number of benzene rings is 1. The van der Waals surface area contributed by atoms with Gasteiger partial charge in [0.05, 0.1) is 11.0 Å². The van der Waals surface area contributed by atoms with E-state index in [0.717, 1.165) is 24.1 Å². The lowest BCUT2D eigenvalue weighted by atomic mass is 9.50. The Bertz CT molecular complexity index is 804. The summed E-state index contributed by atoms with van der Waals surface area (Å²) in [5, 5.41) is 22.9. The summed E-state index contributed by atoms with van der Waals surface area (Å²) in [7, 11) is 2.09. The molecular weight excluding hydrogens is 342 g/mol. The molecular formula is C22H29NO4. The van der Waals surface area contributed by atoms with Crippen LogP contribution in [0.3, 0.4) is 0 Å². The fourth-order valence-corrected chi connectivity index (χ4v) is 6.27. The van der Waals surface area contributed by atoms with E-state index < -0.39 is 17.1 Å². The normalized spacial score (nSPS) is 36.7. The summed E-state index contributed by atoms with van der Waals surface area (Å²) in [6.07, 6.45) is 4.85. The molecule has 0 aromatic heterocycles. The van der Waals surface area contributed by atoms with Gasteiger partial charge in [0.15, 0.2) is 11.9 Å². The highest BCUT2D eigenvalue weighted by atomic mass is 16.5. The summed E-state index contributed by atoms with van der Waals surface area (Å²) in [4.78, 5) is 15.2. The molecule has 5 rings (SSSR count). The van der Waals surface area contributed by atoms with Gasteiger partial charge in [-0.1, -0.05) is 13.3 Å². The number of likely N-dealkylation sites (N-methyl/N-ethyl adjacent to an activating group) is 1. The average molecular weight is 371 g/mol. The number of nitrogens with zero attached hydrogens (tertiary/aromatic N) is 1. The van der Waals surface area contributed by atoms with Crippen LogP contribution in [-0.4, -0.2) is 52.2 Å². The molecule has 1 aromatic carbocycles. The summed E-state index contributed by atoms with van der Waals surface area (Å²) >= 11 is 0. The lowest BCUT2D eigenvalue weighted by molar-refractivity contribution is -0.170. The molecule has 5 heteroatoms. The lowest BCUT2D eigenvalue weighted by Crippen LogP contribution is -2.72. The molecule has 1 heterocycles. The van der Waals surface area contributed by atoms with E-state index >= 15 is 0 Å². The third-order valence-electron chi connectivity index (χ3n) is 7.57. The third-order valence-corrected chi connectivity index (χ3v) is 7.57. The van der Waals surface area contributed by atoms with Gasteiger partial charge in [-0.15, -0.1) is 0 Å². The van der Waals surface area contributed by atoms with Gasteiger partial charge in [-0.3, -0.25) is 9.69 Å². The predicted octanol–water partition coefficient (Wildman–Crippen LogP) is 2.55. The molecule has 0 bridgehead atoms. The third kappa shape index (κ3) is 2.16. The summed E-state index contributed by atoms with van der Waals surface area (Å²) < 4.78 is 6.17. The van der Waals surface area contributed by atoms with Crippen molar-refractivity contribution in [1.82, 2.24) is 4.90 Å². The Balaban J connectivity index is 1.72. The van der Waals surface area contributed by atoms with Gasteiger partial charge in [0.25, 0.3) is 0 Å². The molecule has 2 N–H and O–H groups in total. The van der Waals surface area contributed by atoms with Crippen molar-refractivity contribution >= 4 is 5.78 Å². The summed E-state index contributed by atoms with van der Waals surface area (Å²) in [6.45, 7) is 3.06. The number of ether oxygens (including phenoxy) is 1. The second kappa shape index (κ2) is 5.71.